The van der Waals surface area contributed by atoms with Crippen LogP contribution in [0.4, 0.5) is 0 Å². The van der Waals surface area contributed by atoms with Crippen molar-refractivity contribution in [1.29, 1.82) is 0 Å². The van der Waals surface area contributed by atoms with Gasteiger partial charge in [0.15, 0.2) is 0 Å². The lowest BCUT2D eigenvalue weighted by molar-refractivity contribution is 0.515. The van der Waals surface area contributed by atoms with Crippen molar-refractivity contribution in [3.8, 4) is 0 Å². The first-order valence-electron chi connectivity index (χ1n) is 6.40. The van der Waals surface area contributed by atoms with Crippen LogP contribution in [0.3, 0.4) is 0 Å². The summed E-state index contributed by atoms with van der Waals surface area (Å²) >= 11 is 0. The molecule has 2 heterocycles. The Kier molecular flexibility index (Phi) is 4.47. The van der Waals surface area contributed by atoms with E-state index in [0.29, 0.717) is 6.04 Å². The smallest absolute Gasteiger partial charge is 0.0537 e. The van der Waals surface area contributed by atoms with E-state index in [9.17, 15) is 0 Å². The van der Waals surface area contributed by atoms with Gasteiger partial charge in [0.2, 0.25) is 0 Å². The van der Waals surface area contributed by atoms with Crippen molar-refractivity contribution in [3.05, 3.63) is 48.0 Å². The average Bonchev–Trinajstić information content (AvgIpc) is 2.82. The molecule has 1 unspecified atom stereocenters. The third kappa shape index (κ3) is 3.40. The molecule has 2 aromatic rings. The van der Waals surface area contributed by atoms with E-state index >= 15 is 0 Å². The largest absolute Gasteiger partial charge is 0.310 e. The van der Waals surface area contributed by atoms with Crippen LogP contribution in [0.5, 0.6) is 0 Å². The monoisotopic (exact) mass is 244 g/mol. The summed E-state index contributed by atoms with van der Waals surface area (Å²) in [6, 6.07) is 4.52. The first kappa shape index (κ1) is 12.8. The topological polar surface area (TPSA) is 42.7 Å². The van der Waals surface area contributed by atoms with Crippen molar-refractivity contribution in [1.82, 2.24) is 20.1 Å². The molecule has 0 amide bonds. The van der Waals surface area contributed by atoms with Crippen molar-refractivity contribution in [2.24, 2.45) is 7.05 Å². The number of nitrogens with zero attached hydrogens (tertiary/aromatic N) is 3. The molecule has 0 bridgehead atoms. The molecule has 0 saturated carbocycles. The lowest BCUT2D eigenvalue weighted by Gasteiger charge is -2.16. The Labute approximate surface area is 108 Å². The van der Waals surface area contributed by atoms with E-state index in [2.05, 4.69) is 40.7 Å². The highest BCUT2D eigenvalue weighted by atomic mass is 15.2. The second-order valence-electron chi connectivity index (χ2n) is 4.45. The molecule has 4 nitrogen and oxygen atoms in total. The maximum absolute atomic E-state index is 4.24. The fraction of sp³-hybridized carbons (Fsp3) is 0.429. The van der Waals surface area contributed by atoms with Crippen LogP contribution in [-0.2, 0) is 13.5 Å². The molecule has 1 atom stereocenters. The Morgan fingerprint density at radius 3 is 2.72 bits per heavy atom. The number of hydrogen-bond acceptors (Lipinski definition) is 3. The maximum Gasteiger partial charge on any atom is 0.0537 e. The molecule has 0 spiro atoms. The lowest BCUT2D eigenvalue weighted by atomic mass is 10.0. The molecule has 2 aromatic heterocycles. The maximum atomic E-state index is 4.24. The highest BCUT2D eigenvalue weighted by Gasteiger charge is 2.11. The molecule has 96 valence electrons. The van der Waals surface area contributed by atoms with Gasteiger partial charge >= 0.3 is 0 Å². The van der Waals surface area contributed by atoms with Gasteiger partial charge in [-0.25, -0.2) is 0 Å². The Morgan fingerprint density at radius 1 is 1.33 bits per heavy atom. The molecule has 0 fully saturated rings. The van der Waals surface area contributed by atoms with Gasteiger partial charge in [0.05, 0.1) is 6.20 Å². The van der Waals surface area contributed by atoms with Crippen LogP contribution in [0.2, 0.25) is 0 Å². The zero-order valence-corrected chi connectivity index (χ0v) is 11.0. The third-order valence-corrected chi connectivity index (χ3v) is 3.05. The molecule has 0 aliphatic carbocycles. The van der Waals surface area contributed by atoms with Gasteiger partial charge in [-0.3, -0.25) is 9.67 Å². The summed E-state index contributed by atoms with van der Waals surface area (Å²) in [6.45, 7) is 3.10. The Balaban J connectivity index is 1.98. The van der Waals surface area contributed by atoms with E-state index in [1.54, 1.807) is 0 Å². The van der Waals surface area contributed by atoms with Crippen LogP contribution < -0.4 is 5.32 Å². The molecule has 0 aliphatic heterocycles. The minimum atomic E-state index is 0.372. The molecule has 0 saturated heterocycles. The standard InChI is InChI=1S/C14H20N4/c1-3-16-14(13-10-17-18(2)11-13)5-4-12-6-8-15-9-7-12/h6-11,14,16H,3-5H2,1-2H3. The number of hydrogen-bond donors (Lipinski definition) is 1. The lowest BCUT2D eigenvalue weighted by Crippen LogP contribution is -2.21. The van der Waals surface area contributed by atoms with Crippen molar-refractivity contribution in [2.45, 2.75) is 25.8 Å². The highest BCUT2D eigenvalue weighted by molar-refractivity contribution is 5.14. The van der Waals surface area contributed by atoms with Crippen LogP contribution in [0.25, 0.3) is 0 Å². The van der Waals surface area contributed by atoms with Crippen molar-refractivity contribution >= 4 is 0 Å². The zero-order valence-electron chi connectivity index (χ0n) is 11.0. The molecular weight excluding hydrogens is 224 g/mol. The van der Waals surface area contributed by atoms with Gasteiger partial charge in [0.25, 0.3) is 0 Å². The van der Waals surface area contributed by atoms with Crippen LogP contribution >= 0.6 is 0 Å². The fourth-order valence-electron chi connectivity index (χ4n) is 2.11. The predicted octanol–water partition coefficient (Wildman–Crippen LogP) is 2.10. The van der Waals surface area contributed by atoms with Crippen molar-refractivity contribution < 1.29 is 0 Å². The molecule has 1 N–H and O–H groups in total. The molecule has 18 heavy (non-hydrogen) atoms. The first-order chi connectivity index (χ1) is 8.79. The Bertz CT molecular complexity index is 464. The summed E-state index contributed by atoms with van der Waals surface area (Å²) in [5.74, 6) is 0. The summed E-state index contributed by atoms with van der Waals surface area (Å²) in [6.07, 6.45) is 9.85. The fourth-order valence-corrected chi connectivity index (χ4v) is 2.11. The van der Waals surface area contributed by atoms with Crippen LogP contribution in [0.15, 0.2) is 36.9 Å². The average molecular weight is 244 g/mol. The number of pyridine rings is 1. The highest BCUT2D eigenvalue weighted by Crippen LogP contribution is 2.18. The van der Waals surface area contributed by atoms with Crippen LogP contribution in [-0.4, -0.2) is 21.3 Å². The summed E-state index contributed by atoms with van der Waals surface area (Å²) < 4.78 is 1.85. The molecular formula is C14H20N4. The quantitative estimate of drug-likeness (QED) is 0.846. The van der Waals surface area contributed by atoms with Gasteiger partial charge < -0.3 is 5.32 Å². The van der Waals surface area contributed by atoms with Crippen molar-refractivity contribution in [2.75, 3.05) is 6.54 Å². The number of aromatic nitrogens is 3. The minimum Gasteiger partial charge on any atom is -0.310 e. The molecule has 4 heteroatoms. The second kappa shape index (κ2) is 6.31. The summed E-state index contributed by atoms with van der Waals surface area (Å²) in [7, 11) is 1.95. The minimum absolute atomic E-state index is 0.372. The van der Waals surface area contributed by atoms with Crippen LogP contribution in [0, 0.1) is 0 Å². The molecule has 0 radical (unpaired) electrons. The van der Waals surface area contributed by atoms with E-state index in [4.69, 9.17) is 0 Å². The van der Waals surface area contributed by atoms with Gasteiger partial charge in [-0.15, -0.1) is 0 Å². The van der Waals surface area contributed by atoms with E-state index in [1.807, 2.05) is 30.3 Å². The number of nitrogens with one attached hydrogen (secondary N) is 1. The third-order valence-electron chi connectivity index (χ3n) is 3.05. The first-order valence-corrected chi connectivity index (χ1v) is 6.40. The Morgan fingerprint density at radius 2 is 2.11 bits per heavy atom. The number of aryl methyl sites for hydroxylation is 2. The SMILES string of the molecule is CCNC(CCc1ccncc1)c1cnn(C)c1. The normalized spacial score (nSPS) is 12.6. The van der Waals surface area contributed by atoms with Crippen LogP contribution in [0.1, 0.15) is 30.5 Å². The van der Waals surface area contributed by atoms with Gasteiger partial charge in [-0.1, -0.05) is 6.92 Å². The molecule has 2 rings (SSSR count). The van der Waals surface area contributed by atoms with E-state index in [1.165, 1.54) is 11.1 Å². The van der Waals surface area contributed by atoms with Gasteiger partial charge in [-0.2, -0.15) is 5.10 Å². The van der Waals surface area contributed by atoms with Gasteiger partial charge in [-0.05, 0) is 37.1 Å². The summed E-state index contributed by atoms with van der Waals surface area (Å²) in [5.41, 5.74) is 2.59. The Hall–Kier alpha value is -1.68. The second-order valence-corrected chi connectivity index (χ2v) is 4.45. The predicted molar refractivity (Wildman–Crippen MR) is 72.2 cm³/mol. The van der Waals surface area contributed by atoms with Crippen molar-refractivity contribution in [3.63, 3.8) is 0 Å². The van der Waals surface area contributed by atoms with Gasteiger partial charge in [0.1, 0.15) is 0 Å². The van der Waals surface area contributed by atoms with E-state index < -0.39 is 0 Å². The summed E-state index contributed by atoms with van der Waals surface area (Å²) in [5, 5.41) is 7.75. The molecule has 0 aromatic carbocycles. The zero-order chi connectivity index (χ0) is 12.8. The molecule has 0 aliphatic rings. The van der Waals surface area contributed by atoms with E-state index in [-0.39, 0.29) is 0 Å². The van der Waals surface area contributed by atoms with E-state index in [0.717, 1.165) is 19.4 Å². The summed E-state index contributed by atoms with van der Waals surface area (Å²) in [4.78, 5) is 4.04. The van der Waals surface area contributed by atoms with Gasteiger partial charge in [0, 0.05) is 37.2 Å². The number of rotatable bonds is 6.